The molecule has 66 valence electrons. The first-order chi connectivity index (χ1) is 5.66. The lowest BCUT2D eigenvalue weighted by Gasteiger charge is -2.11. The molecule has 0 aliphatic heterocycles. The monoisotopic (exact) mass is 168 g/mol. The van der Waals surface area contributed by atoms with Crippen molar-refractivity contribution in [3.63, 3.8) is 0 Å². The summed E-state index contributed by atoms with van der Waals surface area (Å²) in [6, 6.07) is 1.27. The summed E-state index contributed by atoms with van der Waals surface area (Å²) in [6.07, 6.45) is 2.17. The number of aliphatic carboxylic acids is 1. The molecule has 0 aliphatic rings. The second-order valence-corrected chi connectivity index (χ2v) is 2.68. The van der Waals surface area contributed by atoms with Gasteiger partial charge in [-0.1, -0.05) is 6.92 Å². The van der Waals surface area contributed by atoms with E-state index >= 15 is 0 Å². The van der Waals surface area contributed by atoms with Crippen molar-refractivity contribution in [1.29, 1.82) is 0 Å². The lowest BCUT2D eigenvalue weighted by Crippen LogP contribution is -2.20. The van der Waals surface area contributed by atoms with Crippen LogP contribution in [0, 0.1) is 6.92 Å². The first kappa shape index (κ1) is 8.77. The molecule has 4 heteroatoms. The molecular formula is C8H12N2O2. The molecule has 1 rings (SSSR count). The maximum absolute atomic E-state index is 10.7. The lowest BCUT2D eigenvalue weighted by atomic mass is 10.2. The van der Waals surface area contributed by atoms with Crippen molar-refractivity contribution in [2.45, 2.75) is 26.3 Å². The third-order valence-corrected chi connectivity index (χ3v) is 1.84. The molecule has 1 unspecified atom stereocenters. The third kappa shape index (κ3) is 1.47. The number of aromatic nitrogens is 2. The minimum Gasteiger partial charge on any atom is -0.480 e. The van der Waals surface area contributed by atoms with Gasteiger partial charge in [0.1, 0.15) is 6.04 Å². The molecule has 0 bridgehead atoms. The number of hydrogen-bond donors (Lipinski definition) is 1. The maximum atomic E-state index is 10.7. The van der Waals surface area contributed by atoms with Crippen LogP contribution < -0.4 is 0 Å². The summed E-state index contributed by atoms with van der Waals surface area (Å²) in [5.74, 6) is -0.829. The van der Waals surface area contributed by atoms with Gasteiger partial charge in [-0.15, -0.1) is 0 Å². The Labute approximate surface area is 70.8 Å². The Hall–Kier alpha value is -1.32. The Bertz CT molecular complexity index is 280. The molecular weight excluding hydrogens is 156 g/mol. The molecule has 1 atom stereocenters. The lowest BCUT2D eigenvalue weighted by molar-refractivity contribution is -0.141. The van der Waals surface area contributed by atoms with Crippen LogP contribution in [0.1, 0.15) is 25.1 Å². The molecule has 0 saturated carbocycles. The van der Waals surface area contributed by atoms with Gasteiger partial charge in [0.15, 0.2) is 0 Å². The molecule has 0 radical (unpaired) electrons. The van der Waals surface area contributed by atoms with E-state index in [1.807, 2.05) is 13.8 Å². The third-order valence-electron chi connectivity index (χ3n) is 1.84. The van der Waals surface area contributed by atoms with Crippen LogP contribution >= 0.6 is 0 Å². The molecule has 4 nitrogen and oxygen atoms in total. The first-order valence-electron chi connectivity index (χ1n) is 3.89. The molecule has 0 aliphatic carbocycles. The van der Waals surface area contributed by atoms with Gasteiger partial charge in [-0.25, -0.2) is 4.79 Å². The normalized spacial score (nSPS) is 12.8. The summed E-state index contributed by atoms with van der Waals surface area (Å²) in [5, 5.41) is 12.8. The Morgan fingerprint density at radius 1 is 1.83 bits per heavy atom. The van der Waals surface area contributed by atoms with Crippen LogP contribution in [0.5, 0.6) is 0 Å². The van der Waals surface area contributed by atoms with Crippen molar-refractivity contribution in [3.05, 3.63) is 18.0 Å². The summed E-state index contributed by atoms with van der Waals surface area (Å²) in [7, 11) is 0. The zero-order valence-electron chi connectivity index (χ0n) is 7.19. The number of carboxylic acids is 1. The van der Waals surface area contributed by atoms with E-state index in [9.17, 15) is 4.79 Å². The van der Waals surface area contributed by atoms with Crippen molar-refractivity contribution in [2.24, 2.45) is 0 Å². The fourth-order valence-corrected chi connectivity index (χ4v) is 1.16. The molecule has 0 amide bonds. The van der Waals surface area contributed by atoms with Gasteiger partial charge in [0.2, 0.25) is 0 Å². The van der Waals surface area contributed by atoms with Crippen LogP contribution in [0.15, 0.2) is 12.3 Å². The second kappa shape index (κ2) is 3.38. The number of rotatable bonds is 3. The highest BCUT2D eigenvalue weighted by molar-refractivity contribution is 5.71. The zero-order chi connectivity index (χ0) is 9.14. The Balaban J connectivity index is 2.94. The van der Waals surface area contributed by atoms with Crippen molar-refractivity contribution in [2.75, 3.05) is 0 Å². The van der Waals surface area contributed by atoms with E-state index in [0.717, 1.165) is 5.69 Å². The second-order valence-electron chi connectivity index (χ2n) is 2.68. The molecule has 1 aromatic rings. The van der Waals surface area contributed by atoms with Crippen molar-refractivity contribution in [1.82, 2.24) is 9.78 Å². The van der Waals surface area contributed by atoms with Gasteiger partial charge >= 0.3 is 5.97 Å². The Morgan fingerprint density at radius 3 is 2.83 bits per heavy atom. The van der Waals surface area contributed by atoms with Crippen LogP contribution in [0.2, 0.25) is 0 Å². The maximum Gasteiger partial charge on any atom is 0.328 e. The number of aryl methyl sites for hydroxylation is 1. The van der Waals surface area contributed by atoms with Crippen LogP contribution in [0.25, 0.3) is 0 Å². The fraction of sp³-hybridized carbons (Fsp3) is 0.500. The van der Waals surface area contributed by atoms with E-state index in [1.54, 1.807) is 12.3 Å². The van der Waals surface area contributed by atoms with E-state index in [-0.39, 0.29) is 0 Å². The van der Waals surface area contributed by atoms with Gasteiger partial charge in [0.05, 0.1) is 0 Å². The Morgan fingerprint density at radius 2 is 2.50 bits per heavy atom. The smallest absolute Gasteiger partial charge is 0.328 e. The van der Waals surface area contributed by atoms with Crippen LogP contribution in [0.4, 0.5) is 0 Å². The molecule has 0 saturated heterocycles. The summed E-state index contributed by atoms with van der Waals surface area (Å²) < 4.78 is 1.53. The summed E-state index contributed by atoms with van der Waals surface area (Å²) in [6.45, 7) is 3.68. The summed E-state index contributed by atoms with van der Waals surface area (Å²) in [5.41, 5.74) is 0.879. The number of nitrogens with zero attached hydrogens (tertiary/aromatic N) is 2. The molecule has 1 N–H and O–H groups in total. The molecule has 1 aromatic heterocycles. The SMILES string of the molecule is CCC(C(=O)O)n1nccc1C. The van der Waals surface area contributed by atoms with Crippen molar-refractivity contribution < 1.29 is 9.90 Å². The number of carboxylic acid groups (broad SMARTS) is 1. The van der Waals surface area contributed by atoms with E-state index in [4.69, 9.17) is 5.11 Å². The summed E-state index contributed by atoms with van der Waals surface area (Å²) >= 11 is 0. The van der Waals surface area contributed by atoms with Crippen molar-refractivity contribution in [3.8, 4) is 0 Å². The highest BCUT2D eigenvalue weighted by Gasteiger charge is 2.18. The first-order valence-corrected chi connectivity index (χ1v) is 3.89. The van der Waals surface area contributed by atoms with Gasteiger partial charge in [-0.2, -0.15) is 5.10 Å². The van der Waals surface area contributed by atoms with Gasteiger partial charge in [0, 0.05) is 11.9 Å². The topological polar surface area (TPSA) is 55.1 Å². The van der Waals surface area contributed by atoms with E-state index in [1.165, 1.54) is 4.68 Å². The van der Waals surface area contributed by atoms with Gasteiger partial charge < -0.3 is 5.11 Å². The number of hydrogen-bond acceptors (Lipinski definition) is 2. The molecule has 12 heavy (non-hydrogen) atoms. The minimum atomic E-state index is -0.829. The van der Waals surface area contributed by atoms with Crippen LogP contribution in [-0.4, -0.2) is 20.9 Å². The summed E-state index contributed by atoms with van der Waals surface area (Å²) in [4.78, 5) is 10.7. The fourth-order valence-electron chi connectivity index (χ4n) is 1.16. The van der Waals surface area contributed by atoms with Gasteiger partial charge in [-0.05, 0) is 19.4 Å². The largest absolute Gasteiger partial charge is 0.480 e. The average Bonchev–Trinajstić information content (AvgIpc) is 2.38. The molecule has 0 aromatic carbocycles. The van der Waals surface area contributed by atoms with E-state index in [2.05, 4.69) is 5.10 Å². The predicted molar refractivity (Wildman–Crippen MR) is 43.9 cm³/mol. The quantitative estimate of drug-likeness (QED) is 0.738. The minimum absolute atomic E-state index is 0.528. The van der Waals surface area contributed by atoms with E-state index in [0.29, 0.717) is 6.42 Å². The molecule has 0 fully saturated rings. The van der Waals surface area contributed by atoms with Crippen LogP contribution in [-0.2, 0) is 4.79 Å². The van der Waals surface area contributed by atoms with Crippen LogP contribution in [0.3, 0.4) is 0 Å². The highest BCUT2D eigenvalue weighted by atomic mass is 16.4. The highest BCUT2D eigenvalue weighted by Crippen LogP contribution is 2.12. The van der Waals surface area contributed by atoms with Crippen molar-refractivity contribution >= 4 is 5.97 Å². The molecule has 0 spiro atoms. The Kier molecular flexibility index (Phi) is 2.47. The van der Waals surface area contributed by atoms with Gasteiger partial charge in [0.25, 0.3) is 0 Å². The standard InChI is InChI=1S/C8H12N2O2/c1-3-7(8(11)12)10-6(2)4-5-9-10/h4-5,7H,3H2,1-2H3,(H,11,12). The number of carbonyl (C=O) groups is 1. The average molecular weight is 168 g/mol. The van der Waals surface area contributed by atoms with E-state index < -0.39 is 12.0 Å². The van der Waals surface area contributed by atoms with Gasteiger partial charge in [-0.3, -0.25) is 4.68 Å². The zero-order valence-corrected chi connectivity index (χ0v) is 7.19. The predicted octanol–water partition coefficient (Wildman–Crippen LogP) is 1.23. The molecule has 1 heterocycles.